The molecule has 1 aromatic carbocycles. The Bertz CT molecular complexity index is 416. The monoisotopic (exact) mass is 280 g/mol. The largest absolute Gasteiger partial charge is 0.377 e. The highest BCUT2D eigenvalue weighted by Gasteiger charge is 2.14. The Labute approximate surface area is 118 Å². The van der Waals surface area contributed by atoms with Gasteiger partial charge in [0.15, 0.2) is 0 Å². The van der Waals surface area contributed by atoms with Gasteiger partial charge in [-0.2, -0.15) is 0 Å². The molecule has 110 valence electrons. The zero-order valence-electron chi connectivity index (χ0n) is 11.5. The average Bonchev–Trinajstić information content (AvgIpc) is 2.94. The number of ether oxygens (including phenoxy) is 1. The van der Waals surface area contributed by atoms with Crippen molar-refractivity contribution in [1.82, 2.24) is 10.6 Å². The minimum Gasteiger partial charge on any atom is -0.377 e. The zero-order valence-corrected chi connectivity index (χ0v) is 11.5. The van der Waals surface area contributed by atoms with Crippen molar-refractivity contribution >= 4 is 5.91 Å². The summed E-state index contributed by atoms with van der Waals surface area (Å²) in [6.45, 7) is 2.43. The summed E-state index contributed by atoms with van der Waals surface area (Å²) in [4.78, 5) is 11.6. The number of halogens is 1. The Balaban J connectivity index is 1.54. The van der Waals surface area contributed by atoms with Gasteiger partial charge in [0.05, 0.1) is 12.6 Å². The van der Waals surface area contributed by atoms with Gasteiger partial charge in [0, 0.05) is 19.7 Å². The predicted molar refractivity (Wildman–Crippen MR) is 75.0 cm³/mol. The van der Waals surface area contributed by atoms with Crippen LogP contribution in [0.3, 0.4) is 0 Å². The Morgan fingerprint density at radius 2 is 2.15 bits per heavy atom. The topological polar surface area (TPSA) is 50.4 Å². The van der Waals surface area contributed by atoms with Gasteiger partial charge in [0.2, 0.25) is 5.91 Å². The second-order valence-electron chi connectivity index (χ2n) is 4.99. The number of hydrogen-bond acceptors (Lipinski definition) is 3. The molecule has 1 fully saturated rings. The van der Waals surface area contributed by atoms with Crippen LogP contribution in [0.25, 0.3) is 0 Å². The van der Waals surface area contributed by atoms with Crippen LogP contribution in [-0.2, 0) is 16.0 Å². The molecule has 0 radical (unpaired) electrons. The lowest BCUT2D eigenvalue weighted by atomic mass is 10.1. The second-order valence-corrected chi connectivity index (χ2v) is 4.99. The minimum atomic E-state index is -0.240. The third-order valence-corrected chi connectivity index (χ3v) is 3.33. The van der Waals surface area contributed by atoms with Crippen molar-refractivity contribution in [3.05, 3.63) is 35.6 Å². The predicted octanol–water partition coefficient (Wildman–Crippen LogP) is 1.25. The molecule has 1 aliphatic rings. The fourth-order valence-electron chi connectivity index (χ4n) is 2.21. The molecule has 20 heavy (non-hydrogen) atoms. The highest BCUT2D eigenvalue weighted by atomic mass is 19.1. The number of hydrogen-bond donors (Lipinski definition) is 2. The van der Waals surface area contributed by atoms with Crippen LogP contribution in [0.4, 0.5) is 4.39 Å². The quantitative estimate of drug-likeness (QED) is 0.790. The number of benzene rings is 1. The SMILES string of the molecule is O=C(CNCC1CCCO1)NCCc1ccc(F)cc1. The van der Waals surface area contributed by atoms with E-state index in [1.54, 1.807) is 12.1 Å². The summed E-state index contributed by atoms with van der Waals surface area (Å²) in [6, 6.07) is 6.33. The van der Waals surface area contributed by atoms with E-state index in [1.807, 2.05) is 0 Å². The van der Waals surface area contributed by atoms with E-state index in [0.717, 1.165) is 31.6 Å². The minimum absolute atomic E-state index is 0.0230. The van der Waals surface area contributed by atoms with Gasteiger partial charge in [-0.25, -0.2) is 4.39 Å². The van der Waals surface area contributed by atoms with Crippen LogP contribution in [0.2, 0.25) is 0 Å². The van der Waals surface area contributed by atoms with Crippen molar-refractivity contribution < 1.29 is 13.9 Å². The zero-order chi connectivity index (χ0) is 14.2. The average molecular weight is 280 g/mol. The molecule has 1 heterocycles. The maximum atomic E-state index is 12.7. The van der Waals surface area contributed by atoms with Crippen LogP contribution in [-0.4, -0.2) is 38.3 Å². The molecule has 0 spiro atoms. The lowest BCUT2D eigenvalue weighted by Gasteiger charge is -2.10. The fraction of sp³-hybridized carbons (Fsp3) is 0.533. The lowest BCUT2D eigenvalue weighted by Crippen LogP contribution is -2.37. The van der Waals surface area contributed by atoms with E-state index in [2.05, 4.69) is 10.6 Å². The second kappa shape index (κ2) is 7.97. The molecule has 4 nitrogen and oxygen atoms in total. The Morgan fingerprint density at radius 3 is 2.85 bits per heavy atom. The molecule has 1 aromatic rings. The molecule has 1 saturated heterocycles. The van der Waals surface area contributed by atoms with Crippen molar-refractivity contribution in [2.75, 3.05) is 26.2 Å². The first kappa shape index (κ1) is 14.9. The molecule has 1 atom stereocenters. The molecule has 2 rings (SSSR count). The Morgan fingerprint density at radius 1 is 1.35 bits per heavy atom. The normalized spacial score (nSPS) is 18.1. The summed E-state index contributed by atoms with van der Waals surface area (Å²) in [6.07, 6.45) is 3.13. The van der Waals surface area contributed by atoms with Gasteiger partial charge in [-0.1, -0.05) is 12.1 Å². The molecule has 0 aliphatic carbocycles. The molecule has 0 bridgehead atoms. The summed E-state index contributed by atoms with van der Waals surface area (Å²) in [5.41, 5.74) is 1.01. The van der Waals surface area contributed by atoms with E-state index >= 15 is 0 Å². The van der Waals surface area contributed by atoms with E-state index in [1.165, 1.54) is 12.1 Å². The van der Waals surface area contributed by atoms with E-state index in [4.69, 9.17) is 4.74 Å². The first-order chi connectivity index (χ1) is 9.74. The van der Waals surface area contributed by atoms with Crippen LogP contribution >= 0.6 is 0 Å². The number of carbonyl (C=O) groups excluding carboxylic acids is 1. The van der Waals surface area contributed by atoms with Crippen LogP contribution in [0, 0.1) is 5.82 Å². The molecular weight excluding hydrogens is 259 g/mol. The molecule has 0 aromatic heterocycles. The van der Waals surface area contributed by atoms with Gasteiger partial charge < -0.3 is 15.4 Å². The van der Waals surface area contributed by atoms with Crippen molar-refractivity contribution in [3.63, 3.8) is 0 Å². The van der Waals surface area contributed by atoms with Crippen molar-refractivity contribution in [1.29, 1.82) is 0 Å². The molecule has 1 unspecified atom stereocenters. The van der Waals surface area contributed by atoms with Crippen molar-refractivity contribution in [2.24, 2.45) is 0 Å². The van der Waals surface area contributed by atoms with E-state index in [-0.39, 0.29) is 17.8 Å². The third-order valence-electron chi connectivity index (χ3n) is 3.33. The number of rotatable bonds is 7. The fourth-order valence-corrected chi connectivity index (χ4v) is 2.21. The summed E-state index contributed by atoms with van der Waals surface area (Å²) in [5, 5.41) is 5.93. The van der Waals surface area contributed by atoms with Crippen molar-refractivity contribution in [2.45, 2.75) is 25.4 Å². The number of amides is 1. The Hall–Kier alpha value is -1.46. The summed E-state index contributed by atoms with van der Waals surface area (Å²) in [5.74, 6) is -0.263. The molecule has 2 N–H and O–H groups in total. The standard InChI is InChI=1S/C15H21FN2O2/c16-13-5-3-12(4-6-13)7-8-18-15(19)11-17-10-14-2-1-9-20-14/h3-6,14,17H,1-2,7-11H2,(H,18,19). The lowest BCUT2D eigenvalue weighted by molar-refractivity contribution is -0.120. The first-order valence-electron chi connectivity index (χ1n) is 7.07. The summed E-state index contributed by atoms with van der Waals surface area (Å²) in [7, 11) is 0. The maximum absolute atomic E-state index is 12.7. The first-order valence-corrected chi connectivity index (χ1v) is 7.07. The molecule has 0 saturated carbocycles. The molecule has 1 amide bonds. The van der Waals surface area contributed by atoms with Gasteiger partial charge in [-0.05, 0) is 37.0 Å². The van der Waals surface area contributed by atoms with Gasteiger partial charge in [0.25, 0.3) is 0 Å². The molecule has 1 aliphatic heterocycles. The smallest absolute Gasteiger partial charge is 0.233 e. The van der Waals surface area contributed by atoms with Gasteiger partial charge in [0.1, 0.15) is 5.82 Å². The molecular formula is C15H21FN2O2. The highest BCUT2D eigenvalue weighted by Crippen LogP contribution is 2.10. The number of carbonyl (C=O) groups is 1. The number of nitrogens with one attached hydrogen (secondary N) is 2. The van der Waals surface area contributed by atoms with E-state index in [9.17, 15) is 9.18 Å². The van der Waals surface area contributed by atoms with Crippen LogP contribution < -0.4 is 10.6 Å². The summed E-state index contributed by atoms with van der Waals surface area (Å²) >= 11 is 0. The molecule has 5 heteroatoms. The maximum Gasteiger partial charge on any atom is 0.233 e. The van der Waals surface area contributed by atoms with E-state index in [0.29, 0.717) is 19.5 Å². The Kier molecular flexibility index (Phi) is 5.95. The van der Waals surface area contributed by atoms with Gasteiger partial charge >= 0.3 is 0 Å². The van der Waals surface area contributed by atoms with Gasteiger partial charge in [-0.3, -0.25) is 4.79 Å². The summed E-state index contributed by atoms with van der Waals surface area (Å²) < 4.78 is 18.2. The van der Waals surface area contributed by atoms with Gasteiger partial charge in [-0.15, -0.1) is 0 Å². The van der Waals surface area contributed by atoms with Crippen molar-refractivity contribution in [3.8, 4) is 0 Å². The highest BCUT2D eigenvalue weighted by molar-refractivity contribution is 5.77. The van der Waals surface area contributed by atoms with Crippen LogP contribution in [0.15, 0.2) is 24.3 Å². The van der Waals surface area contributed by atoms with Crippen LogP contribution in [0.1, 0.15) is 18.4 Å². The van der Waals surface area contributed by atoms with E-state index < -0.39 is 0 Å². The third kappa shape index (κ3) is 5.27. The van der Waals surface area contributed by atoms with Crippen LogP contribution in [0.5, 0.6) is 0 Å².